The van der Waals surface area contributed by atoms with Crippen LogP contribution in [0.2, 0.25) is 0 Å². The van der Waals surface area contributed by atoms with Gasteiger partial charge in [-0.2, -0.15) is 0 Å². The van der Waals surface area contributed by atoms with Gasteiger partial charge in [0.2, 0.25) is 6.29 Å². The van der Waals surface area contributed by atoms with Crippen LogP contribution in [0.3, 0.4) is 0 Å². The summed E-state index contributed by atoms with van der Waals surface area (Å²) in [4.78, 5) is 0. The first-order chi connectivity index (χ1) is 14.6. The molecule has 1 aromatic carbocycles. The van der Waals surface area contributed by atoms with Crippen LogP contribution in [0.1, 0.15) is 87.0 Å². The van der Waals surface area contributed by atoms with Crippen molar-refractivity contribution in [2.45, 2.75) is 96.2 Å². The summed E-state index contributed by atoms with van der Waals surface area (Å²) in [7, 11) is 0. The predicted octanol–water partition coefficient (Wildman–Crippen LogP) is 3.59. The summed E-state index contributed by atoms with van der Waals surface area (Å²) < 4.78 is 11.5. The molecule has 4 N–H and O–H groups in total. The van der Waals surface area contributed by atoms with E-state index in [9.17, 15) is 20.4 Å². The van der Waals surface area contributed by atoms with E-state index in [1.807, 2.05) is 6.92 Å². The van der Waals surface area contributed by atoms with E-state index in [0.29, 0.717) is 17.6 Å². The van der Waals surface area contributed by atoms with Crippen LogP contribution < -0.4 is 4.74 Å². The van der Waals surface area contributed by atoms with Crippen LogP contribution in [0.5, 0.6) is 11.5 Å². The summed E-state index contributed by atoms with van der Waals surface area (Å²) in [5, 5.41) is 41.5. The van der Waals surface area contributed by atoms with E-state index in [2.05, 4.69) is 33.8 Å². The fourth-order valence-electron chi connectivity index (χ4n) is 5.94. The van der Waals surface area contributed by atoms with Crippen molar-refractivity contribution in [1.29, 1.82) is 0 Å². The summed E-state index contributed by atoms with van der Waals surface area (Å²) in [6.45, 7) is 10.5. The fraction of sp³-hybridized carbons (Fsp3) is 0.680. The highest BCUT2D eigenvalue weighted by Crippen LogP contribution is 2.58. The van der Waals surface area contributed by atoms with Crippen molar-refractivity contribution in [2.24, 2.45) is 5.92 Å². The molecule has 31 heavy (non-hydrogen) atoms. The Morgan fingerprint density at radius 1 is 1.03 bits per heavy atom. The number of ether oxygens (including phenoxy) is 2. The van der Waals surface area contributed by atoms with Crippen LogP contribution in [0.25, 0.3) is 0 Å². The maximum absolute atomic E-state index is 11.3. The second-order valence-corrected chi connectivity index (χ2v) is 10.1. The van der Waals surface area contributed by atoms with Crippen LogP contribution >= 0.6 is 0 Å². The molecule has 3 aliphatic rings. The largest absolute Gasteiger partial charge is 0.504 e. The summed E-state index contributed by atoms with van der Waals surface area (Å²) in [5.74, 6) is 1.84. The molecular weight excluding hydrogens is 396 g/mol. The summed E-state index contributed by atoms with van der Waals surface area (Å²) >= 11 is 0. The number of aliphatic hydroxyl groups excluding tert-OH is 3. The zero-order chi connectivity index (χ0) is 22.6. The van der Waals surface area contributed by atoms with Gasteiger partial charge in [0.1, 0.15) is 18.3 Å². The number of aliphatic hydroxyl groups is 3. The van der Waals surface area contributed by atoms with Gasteiger partial charge >= 0.3 is 0 Å². The van der Waals surface area contributed by atoms with Gasteiger partial charge in [-0.25, -0.2) is 0 Å². The molecule has 0 bridgehead atoms. The zero-order valence-electron chi connectivity index (χ0n) is 19.1. The lowest BCUT2D eigenvalue weighted by Crippen LogP contribution is -2.54. The average Bonchev–Trinajstić information content (AvgIpc) is 2.69. The van der Waals surface area contributed by atoms with E-state index in [1.165, 1.54) is 16.7 Å². The summed E-state index contributed by atoms with van der Waals surface area (Å²) in [6, 6.07) is 0. The van der Waals surface area contributed by atoms with Crippen LogP contribution in [-0.2, 0) is 4.74 Å². The third-order valence-electron chi connectivity index (χ3n) is 7.48. The van der Waals surface area contributed by atoms with Gasteiger partial charge in [-0.3, -0.25) is 0 Å². The first kappa shape index (κ1) is 22.6. The average molecular weight is 433 g/mol. The number of phenols is 1. The maximum Gasteiger partial charge on any atom is 0.229 e. The topological polar surface area (TPSA) is 99.4 Å². The number of hydrogen-bond donors (Lipinski definition) is 4. The minimum absolute atomic E-state index is 0.120. The summed E-state index contributed by atoms with van der Waals surface area (Å²) in [5.41, 5.74) is 5.58. The van der Waals surface area contributed by atoms with E-state index in [1.54, 1.807) is 0 Å². The second kappa shape index (κ2) is 8.39. The van der Waals surface area contributed by atoms with Gasteiger partial charge in [-0.05, 0) is 74.5 Å². The highest BCUT2D eigenvalue weighted by atomic mass is 16.7. The van der Waals surface area contributed by atoms with Gasteiger partial charge in [0.05, 0.1) is 6.61 Å². The Morgan fingerprint density at radius 2 is 1.74 bits per heavy atom. The van der Waals surface area contributed by atoms with Crippen molar-refractivity contribution >= 4 is 0 Å². The van der Waals surface area contributed by atoms with Gasteiger partial charge in [0, 0.05) is 11.5 Å². The van der Waals surface area contributed by atoms with Crippen LogP contribution in [0, 0.1) is 12.8 Å². The van der Waals surface area contributed by atoms with Gasteiger partial charge in [-0.15, -0.1) is 0 Å². The Kier molecular flexibility index (Phi) is 6.12. The molecular formula is C25H36O6. The van der Waals surface area contributed by atoms with Crippen molar-refractivity contribution in [1.82, 2.24) is 0 Å². The third kappa shape index (κ3) is 3.78. The molecule has 4 rings (SSSR count). The molecule has 6 heteroatoms. The molecule has 8 atom stereocenters. The monoisotopic (exact) mass is 432 g/mol. The number of benzene rings is 1. The molecule has 6 nitrogen and oxygen atoms in total. The molecule has 0 aromatic heterocycles. The van der Waals surface area contributed by atoms with Crippen molar-refractivity contribution in [3.8, 4) is 11.5 Å². The van der Waals surface area contributed by atoms with Crippen LogP contribution in [-0.4, -0.2) is 51.6 Å². The molecule has 2 aliphatic carbocycles. The summed E-state index contributed by atoms with van der Waals surface area (Å²) in [6.07, 6.45) is 0.395. The molecule has 1 aliphatic heterocycles. The minimum Gasteiger partial charge on any atom is -0.504 e. The smallest absolute Gasteiger partial charge is 0.229 e. The van der Waals surface area contributed by atoms with E-state index in [-0.39, 0.29) is 24.2 Å². The maximum atomic E-state index is 11.3. The van der Waals surface area contributed by atoms with Crippen LogP contribution in [0.15, 0.2) is 11.6 Å². The Morgan fingerprint density at radius 3 is 2.42 bits per heavy atom. The highest BCUT2D eigenvalue weighted by molar-refractivity contribution is 5.64. The van der Waals surface area contributed by atoms with Gasteiger partial charge in [-0.1, -0.05) is 25.5 Å². The Balaban J connectivity index is 1.85. The first-order valence-electron chi connectivity index (χ1n) is 11.5. The van der Waals surface area contributed by atoms with E-state index in [4.69, 9.17) is 9.47 Å². The zero-order valence-corrected chi connectivity index (χ0v) is 19.1. The van der Waals surface area contributed by atoms with Gasteiger partial charge in [0.25, 0.3) is 0 Å². The molecule has 0 spiro atoms. The molecule has 1 heterocycles. The molecule has 1 aromatic rings. The third-order valence-corrected chi connectivity index (χ3v) is 7.48. The second-order valence-electron chi connectivity index (χ2n) is 10.1. The lowest BCUT2D eigenvalue weighted by molar-refractivity contribution is -0.242. The normalized spacial score (nSPS) is 37.2. The Hall–Kier alpha value is -1.60. The number of allylic oxidation sites excluding steroid dienone is 2. The van der Waals surface area contributed by atoms with Crippen LogP contribution in [0.4, 0.5) is 0 Å². The SMILES string of the molecule is CC(C)=CC1CC(C)C2CCC(C)c3c(O)c(OC4OCC(O)C(O)C4O)c(C)c1c32. The molecule has 172 valence electrons. The minimum atomic E-state index is -1.41. The lowest BCUT2D eigenvalue weighted by atomic mass is 9.62. The number of hydrogen-bond acceptors (Lipinski definition) is 6. The van der Waals surface area contributed by atoms with Gasteiger partial charge < -0.3 is 29.9 Å². The standard InChI is InChI=1S/C25H36O6/c1-11(2)8-15-9-13(4)16-7-6-12(3)18-20(16)19(15)14(5)24(22(18)28)31-25-23(29)21(27)17(26)10-30-25/h8,12-13,15-17,21,23,25-29H,6-7,9-10H2,1-5H3. The number of aromatic hydroxyl groups is 1. The van der Waals surface area contributed by atoms with Crippen molar-refractivity contribution in [2.75, 3.05) is 6.61 Å². The Labute approximate surface area is 184 Å². The van der Waals surface area contributed by atoms with E-state index in [0.717, 1.165) is 30.4 Å². The molecule has 1 fully saturated rings. The quantitative estimate of drug-likeness (QED) is 0.545. The highest BCUT2D eigenvalue weighted by Gasteiger charge is 2.43. The molecule has 8 unspecified atom stereocenters. The first-order valence-corrected chi connectivity index (χ1v) is 11.5. The molecule has 1 saturated heterocycles. The van der Waals surface area contributed by atoms with E-state index >= 15 is 0 Å². The number of rotatable bonds is 3. The number of phenolic OH excluding ortho intramolecular Hbond substituents is 1. The van der Waals surface area contributed by atoms with Crippen molar-refractivity contribution in [3.63, 3.8) is 0 Å². The fourth-order valence-corrected chi connectivity index (χ4v) is 5.94. The lowest BCUT2D eigenvalue weighted by Gasteiger charge is -2.44. The molecule has 0 amide bonds. The van der Waals surface area contributed by atoms with E-state index < -0.39 is 24.6 Å². The molecule has 0 radical (unpaired) electrons. The molecule has 0 saturated carbocycles. The van der Waals surface area contributed by atoms with Crippen molar-refractivity contribution < 1.29 is 29.9 Å². The Bertz CT molecular complexity index is 873. The van der Waals surface area contributed by atoms with Gasteiger partial charge in [0.15, 0.2) is 11.5 Å². The predicted molar refractivity (Wildman–Crippen MR) is 118 cm³/mol. The van der Waals surface area contributed by atoms with Crippen molar-refractivity contribution in [3.05, 3.63) is 33.9 Å².